The predicted octanol–water partition coefficient (Wildman–Crippen LogP) is 0.670. The van der Waals surface area contributed by atoms with Crippen molar-refractivity contribution in [2.45, 2.75) is 19.4 Å². The number of hydrogen-bond acceptors (Lipinski definition) is 6. The molecule has 2 unspecified atom stereocenters. The highest BCUT2D eigenvalue weighted by Gasteiger charge is 2.06. The molecule has 1 heterocycles. The van der Waals surface area contributed by atoms with Gasteiger partial charge in [0, 0.05) is 42.0 Å². The van der Waals surface area contributed by atoms with Gasteiger partial charge in [0.25, 0.3) is 0 Å². The van der Waals surface area contributed by atoms with Gasteiger partial charge in [-0.25, -0.2) is 0 Å². The lowest BCUT2D eigenvalue weighted by molar-refractivity contribution is 0.678. The minimum atomic E-state index is -0.764. The Balaban J connectivity index is 2.61. The number of nitrogens with two attached hydrogens (primary N) is 1. The molecular weight excluding hydrogens is 238 g/mol. The van der Waals surface area contributed by atoms with Crippen molar-refractivity contribution >= 4 is 28.4 Å². The van der Waals surface area contributed by atoms with Gasteiger partial charge in [-0.05, 0) is 13.3 Å². The lowest BCUT2D eigenvalue weighted by atomic mass is 10.2. The summed E-state index contributed by atoms with van der Waals surface area (Å²) in [6, 6.07) is 1.98. The normalized spacial score (nSPS) is 14.1. The van der Waals surface area contributed by atoms with Crippen LogP contribution in [0.5, 0.6) is 0 Å². The van der Waals surface area contributed by atoms with Crippen LogP contribution >= 0.6 is 0 Å². The van der Waals surface area contributed by atoms with E-state index in [-0.39, 0.29) is 12.0 Å². The molecule has 0 spiro atoms. The van der Waals surface area contributed by atoms with Crippen LogP contribution in [0.4, 0.5) is 17.6 Å². The molecule has 0 fully saturated rings. The second-order valence-electron chi connectivity index (χ2n) is 3.86. The van der Waals surface area contributed by atoms with Gasteiger partial charge < -0.3 is 16.4 Å². The van der Waals surface area contributed by atoms with Gasteiger partial charge in [-0.15, -0.1) is 0 Å². The monoisotopic (exact) mass is 257 g/mol. The van der Waals surface area contributed by atoms with Crippen LogP contribution in [0, 0.1) is 0 Å². The zero-order valence-electron chi connectivity index (χ0n) is 10.4. The van der Waals surface area contributed by atoms with Gasteiger partial charge in [-0.2, -0.15) is 9.97 Å². The Morgan fingerprint density at radius 3 is 2.71 bits per heavy atom. The van der Waals surface area contributed by atoms with E-state index < -0.39 is 10.8 Å². The van der Waals surface area contributed by atoms with E-state index in [0.717, 1.165) is 6.42 Å². The fourth-order valence-electron chi connectivity index (χ4n) is 1.34. The molecule has 0 aliphatic carbocycles. The van der Waals surface area contributed by atoms with Gasteiger partial charge in [0.15, 0.2) is 0 Å². The van der Waals surface area contributed by atoms with E-state index in [1.54, 1.807) is 19.4 Å². The van der Waals surface area contributed by atoms with Crippen molar-refractivity contribution in [3.8, 4) is 0 Å². The Kier molecular flexibility index (Phi) is 5.14. The van der Waals surface area contributed by atoms with Crippen LogP contribution in [0.3, 0.4) is 0 Å². The molecule has 0 aliphatic heterocycles. The van der Waals surface area contributed by atoms with Crippen LogP contribution < -0.4 is 16.4 Å². The maximum Gasteiger partial charge on any atom is 0.223 e. The van der Waals surface area contributed by atoms with Gasteiger partial charge >= 0.3 is 0 Å². The summed E-state index contributed by atoms with van der Waals surface area (Å²) in [6.07, 6.45) is 2.52. The average molecular weight is 257 g/mol. The molecule has 7 heteroatoms. The third-order valence-electron chi connectivity index (χ3n) is 2.23. The second-order valence-corrected chi connectivity index (χ2v) is 5.41. The van der Waals surface area contributed by atoms with Gasteiger partial charge in [0.05, 0.1) is 0 Å². The molecule has 6 nitrogen and oxygen atoms in total. The lowest BCUT2D eigenvalue weighted by Gasteiger charge is -2.14. The summed E-state index contributed by atoms with van der Waals surface area (Å²) < 4.78 is 11.0. The molecule has 0 radical (unpaired) electrons. The number of anilines is 3. The zero-order chi connectivity index (χ0) is 12.8. The minimum Gasteiger partial charge on any atom is -0.373 e. The van der Waals surface area contributed by atoms with Crippen molar-refractivity contribution < 1.29 is 4.21 Å². The van der Waals surface area contributed by atoms with Gasteiger partial charge in [-0.1, -0.05) is 0 Å². The molecule has 2 atom stereocenters. The first-order chi connectivity index (χ1) is 8.01. The molecule has 0 aromatic carbocycles. The van der Waals surface area contributed by atoms with Crippen LogP contribution in [-0.4, -0.2) is 39.3 Å². The Labute approximate surface area is 104 Å². The molecule has 1 rings (SSSR count). The second kappa shape index (κ2) is 6.39. The molecule has 4 N–H and O–H groups in total. The molecule has 0 amide bonds. The van der Waals surface area contributed by atoms with Crippen molar-refractivity contribution in [2.75, 3.05) is 35.4 Å². The van der Waals surface area contributed by atoms with Crippen LogP contribution in [0.2, 0.25) is 0 Å². The van der Waals surface area contributed by atoms with E-state index in [2.05, 4.69) is 20.6 Å². The average Bonchev–Trinajstić information content (AvgIpc) is 2.25. The molecule has 1 aromatic heterocycles. The third-order valence-corrected chi connectivity index (χ3v) is 3.04. The smallest absolute Gasteiger partial charge is 0.223 e. The van der Waals surface area contributed by atoms with Crippen molar-refractivity contribution in [3.05, 3.63) is 6.07 Å². The highest BCUT2D eigenvalue weighted by Crippen LogP contribution is 2.13. The quantitative estimate of drug-likeness (QED) is 0.693. The van der Waals surface area contributed by atoms with E-state index in [1.165, 1.54) is 0 Å². The van der Waals surface area contributed by atoms with Gasteiger partial charge in [-0.3, -0.25) is 4.21 Å². The van der Waals surface area contributed by atoms with E-state index in [4.69, 9.17) is 5.73 Å². The molecule has 0 saturated heterocycles. The summed E-state index contributed by atoms with van der Waals surface area (Å²) in [5.41, 5.74) is 5.58. The first kappa shape index (κ1) is 13.7. The minimum absolute atomic E-state index is 0.193. The third kappa shape index (κ3) is 4.99. The van der Waals surface area contributed by atoms with Crippen LogP contribution in [-0.2, 0) is 10.8 Å². The summed E-state index contributed by atoms with van der Waals surface area (Å²) in [5, 5.41) is 6.12. The summed E-state index contributed by atoms with van der Waals surface area (Å²) in [6.45, 7) is 2.02. The lowest BCUT2D eigenvalue weighted by Crippen LogP contribution is -2.19. The van der Waals surface area contributed by atoms with E-state index in [0.29, 0.717) is 17.4 Å². The number of nitrogens with one attached hydrogen (secondary N) is 2. The highest BCUT2D eigenvalue weighted by molar-refractivity contribution is 7.84. The molecule has 1 aromatic rings. The Morgan fingerprint density at radius 1 is 1.47 bits per heavy atom. The number of nitrogens with zero attached hydrogens (tertiary/aromatic N) is 2. The standard InChI is InChI=1S/C10H19N5OS/c1-7(4-5-17(3)16)13-9-6-8(12-2)14-10(11)15-9/h6-7H,4-5H2,1-3H3,(H4,11,12,13,14,15). The predicted molar refractivity (Wildman–Crippen MR) is 72.6 cm³/mol. The largest absolute Gasteiger partial charge is 0.373 e. The summed E-state index contributed by atoms with van der Waals surface area (Å²) in [7, 11) is 1.01. The van der Waals surface area contributed by atoms with Crippen molar-refractivity contribution in [1.29, 1.82) is 0 Å². The number of nitrogen functional groups attached to an aromatic ring is 1. The van der Waals surface area contributed by atoms with E-state index >= 15 is 0 Å². The van der Waals surface area contributed by atoms with Crippen LogP contribution in [0.25, 0.3) is 0 Å². The molecule has 0 saturated carbocycles. The Morgan fingerprint density at radius 2 is 2.12 bits per heavy atom. The Hall–Kier alpha value is -1.37. The van der Waals surface area contributed by atoms with E-state index in [1.807, 2.05) is 6.92 Å². The van der Waals surface area contributed by atoms with Crippen LogP contribution in [0.15, 0.2) is 6.07 Å². The fourth-order valence-corrected chi connectivity index (χ4v) is 2.02. The molecule has 17 heavy (non-hydrogen) atoms. The number of rotatable bonds is 6. The van der Waals surface area contributed by atoms with Crippen molar-refractivity contribution in [1.82, 2.24) is 9.97 Å². The topological polar surface area (TPSA) is 92.9 Å². The number of hydrogen-bond donors (Lipinski definition) is 3. The molecule has 0 bridgehead atoms. The maximum atomic E-state index is 11.0. The summed E-state index contributed by atoms with van der Waals surface area (Å²) >= 11 is 0. The SMILES string of the molecule is CNc1cc(NC(C)CCS(C)=O)nc(N)n1. The fraction of sp³-hybridized carbons (Fsp3) is 0.600. The van der Waals surface area contributed by atoms with E-state index in [9.17, 15) is 4.21 Å². The number of aromatic nitrogens is 2. The summed E-state index contributed by atoms with van der Waals surface area (Å²) in [4.78, 5) is 8.09. The van der Waals surface area contributed by atoms with Crippen LogP contribution in [0.1, 0.15) is 13.3 Å². The Bertz CT molecular complexity index is 398. The molecule has 96 valence electrons. The molecular formula is C10H19N5OS. The maximum absolute atomic E-state index is 11.0. The zero-order valence-corrected chi connectivity index (χ0v) is 11.2. The first-order valence-electron chi connectivity index (χ1n) is 5.40. The van der Waals surface area contributed by atoms with Crippen molar-refractivity contribution in [3.63, 3.8) is 0 Å². The molecule has 0 aliphatic rings. The first-order valence-corrected chi connectivity index (χ1v) is 7.13. The highest BCUT2D eigenvalue weighted by atomic mass is 32.2. The van der Waals surface area contributed by atoms with Gasteiger partial charge in [0.1, 0.15) is 11.6 Å². The van der Waals surface area contributed by atoms with Gasteiger partial charge in [0.2, 0.25) is 5.95 Å². The summed E-state index contributed by atoms with van der Waals surface area (Å²) in [5.74, 6) is 2.25. The van der Waals surface area contributed by atoms with Crippen molar-refractivity contribution in [2.24, 2.45) is 0 Å².